The Morgan fingerprint density at radius 1 is 0.789 bits per heavy atom. The van der Waals surface area contributed by atoms with E-state index in [1.165, 1.54) is 6.92 Å². The second kappa shape index (κ2) is 15.6. The van der Waals surface area contributed by atoms with Crippen LogP contribution in [-0.4, -0.2) is 71.9 Å². The molecule has 38 heavy (non-hydrogen) atoms. The molecule has 0 fully saturated rings. The lowest BCUT2D eigenvalue weighted by molar-refractivity contribution is -0.175. The van der Waals surface area contributed by atoms with Gasteiger partial charge in [-0.2, -0.15) is 13.2 Å². The predicted octanol–water partition coefficient (Wildman–Crippen LogP) is 4.82. The summed E-state index contributed by atoms with van der Waals surface area (Å²) in [6.45, 7) is 7.49. The molecule has 0 aromatic carbocycles. The van der Waals surface area contributed by atoms with Crippen molar-refractivity contribution < 1.29 is 64.5 Å². The summed E-state index contributed by atoms with van der Waals surface area (Å²) < 4.78 is 97.1. The molecule has 3 N–H and O–H groups in total. The van der Waals surface area contributed by atoms with Crippen LogP contribution < -0.4 is 10.6 Å². The van der Waals surface area contributed by atoms with Crippen molar-refractivity contribution in [2.75, 3.05) is 7.11 Å². The van der Waals surface area contributed by atoms with E-state index in [0.717, 1.165) is 19.4 Å². The zero-order valence-corrected chi connectivity index (χ0v) is 21.9. The third-order valence-corrected chi connectivity index (χ3v) is 4.67. The predicted molar refractivity (Wildman–Crippen MR) is 120 cm³/mol. The molecule has 0 radical (unpaired) electrons. The lowest BCUT2D eigenvalue weighted by Crippen LogP contribution is -2.47. The third kappa shape index (κ3) is 17.6. The van der Waals surface area contributed by atoms with E-state index in [2.05, 4.69) is 10.1 Å². The highest BCUT2D eigenvalue weighted by Crippen LogP contribution is 2.26. The van der Waals surface area contributed by atoms with Gasteiger partial charge < -0.3 is 25.2 Å². The molecule has 2 amide bonds. The summed E-state index contributed by atoms with van der Waals surface area (Å²) in [5.41, 5.74) is -0.738. The van der Waals surface area contributed by atoms with Crippen LogP contribution in [0.3, 0.4) is 0 Å². The number of esters is 1. The minimum Gasteiger partial charge on any atom is -0.480 e. The Balaban J connectivity index is 0. The number of carboxylic acids is 1. The number of carbonyl (C=O) groups is 4. The van der Waals surface area contributed by atoms with Crippen LogP contribution >= 0.6 is 0 Å². The van der Waals surface area contributed by atoms with E-state index in [9.17, 15) is 49.9 Å². The highest BCUT2D eigenvalue weighted by atomic mass is 19.4. The first kappa shape index (κ1) is 37.3. The van der Waals surface area contributed by atoms with E-state index in [1.54, 1.807) is 20.8 Å². The Morgan fingerprint density at radius 2 is 1.21 bits per heavy atom. The van der Waals surface area contributed by atoms with Crippen molar-refractivity contribution >= 4 is 23.9 Å². The number of rotatable bonds is 12. The standard InChI is InChI=1S/C13H23F2NO4.C9H12F5NO3/c1-6-13(14,15)8-7-9(10(17)19-5)16-11(18)20-12(2,3)4;1-2-8(10,11)4-3-5(6(16)17)15-7(18)9(12,13)14/h9H,6-8H2,1-5H3,(H,16,18);5H,2-4H2,1H3,(H,15,18)(H,16,17)/t9-;5-/m00/s1. The van der Waals surface area contributed by atoms with E-state index >= 15 is 0 Å². The third-order valence-electron chi connectivity index (χ3n) is 4.67. The van der Waals surface area contributed by atoms with Crippen LogP contribution in [0.5, 0.6) is 0 Å². The highest BCUT2D eigenvalue weighted by molar-refractivity contribution is 5.86. The maximum Gasteiger partial charge on any atom is 0.471 e. The minimum atomic E-state index is -5.25. The van der Waals surface area contributed by atoms with Gasteiger partial charge in [-0.25, -0.2) is 31.9 Å². The fraction of sp³-hybridized carbons (Fsp3) is 0.818. The second-order valence-electron chi connectivity index (χ2n) is 9.08. The second-order valence-corrected chi connectivity index (χ2v) is 9.08. The fourth-order valence-electron chi connectivity index (χ4n) is 2.40. The molecule has 0 unspecified atom stereocenters. The van der Waals surface area contributed by atoms with Gasteiger partial charge in [-0.1, -0.05) is 13.8 Å². The first-order valence-corrected chi connectivity index (χ1v) is 11.4. The van der Waals surface area contributed by atoms with Crippen LogP contribution in [0.15, 0.2) is 0 Å². The van der Waals surface area contributed by atoms with Crippen LogP contribution in [0.2, 0.25) is 0 Å². The summed E-state index contributed by atoms with van der Waals surface area (Å²) in [7, 11) is 1.13. The summed E-state index contributed by atoms with van der Waals surface area (Å²) in [5.74, 6) is -11.1. The smallest absolute Gasteiger partial charge is 0.471 e. The first-order valence-electron chi connectivity index (χ1n) is 11.4. The molecule has 9 nitrogen and oxygen atoms in total. The number of halogens is 7. The van der Waals surface area contributed by atoms with Gasteiger partial charge >= 0.3 is 30.1 Å². The number of aliphatic carboxylic acids is 1. The summed E-state index contributed by atoms with van der Waals surface area (Å²) in [6, 6.07) is -3.14. The Labute approximate surface area is 215 Å². The SMILES string of the molecule is CCC(F)(F)CC[C@H](NC(=O)C(F)(F)F)C(=O)O.CCC(F)(F)CC[C@H](NC(=O)OC(C)(C)C)C(=O)OC. The van der Waals surface area contributed by atoms with Gasteiger partial charge in [0.2, 0.25) is 11.8 Å². The summed E-state index contributed by atoms with van der Waals surface area (Å²) in [4.78, 5) is 44.1. The Kier molecular flexibility index (Phi) is 15.3. The number of amides is 2. The first-order chi connectivity index (χ1) is 17.0. The zero-order valence-electron chi connectivity index (χ0n) is 21.9. The van der Waals surface area contributed by atoms with Gasteiger partial charge in [0.25, 0.3) is 0 Å². The monoisotopic (exact) mass is 572 g/mol. The number of ether oxygens (including phenoxy) is 2. The lowest BCUT2D eigenvalue weighted by atomic mass is 10.1. The molecule has 0 aliphatic heterocycles. The maximum absolute atomic E-state index is 13.2. The molecule has 224 valence electrons. The van der Waals surface area contributed by atoms with E-state index in [4.69, 9.17) is 9.84 Å². The number of alkyl carbamates (subject to hydrolysis) is 1. The van der Waals surface area contributed by atoms with Gasteiger partial charge in [-0.15, -0.1) is 0 Å². The number of methoxy groups -OCH3 is 1. The van der Waals surface area contributed by atoms with Gasteiger partial charge in [0, 0.05) is 25.7 Å². The number of carboxylic acid groups (broad SMARTS) is 1. The van der Waals surface area contributed by atoms with Crippen molar-refractivity contribution in [2.24, 2.45) is 0 Å². The molecular weight excluding hydrogens is 537 g/mol. The number of carbonyl (C=O) groups excluding carboxylic acids is 3. The van der Waals surface area contributed by atoms with Gasteiger partial charge in [0.1, 0.15) is 17.7 Å². The molecule has 0 spiro atoms. The summed E-state index contributed by atoms with van der Waals surface area (Å²) >= 11 is 0. The van der Waals surface area contributed by atoms with Gasteiger partial charge in [0.15, 0.2) is 0 Å². The molecule has 2 atom stereocenters. The van der Waals surface area contributed by atoms with E-state index in [0.29, 0.717) is 0 Å². The Morgan fingerprint density at radius 3 is 1.53 bits per heavy atom. The minimum absolute atomic E-state index is 0.216. The van der Waals surface area contributed by atoms with Crippen LogP contribution in [-0.2, 0) is 23.9 Å². The molecular formula is C22H35F7N2O7. The molecule has 0 aromatic rings. The van der Waals surface area contributed by atoms with Crippen LogP contribution in [0.4, 0.5) is 35.5 Å². The van der Waals surface area contributed by atoms with Crippen molar-refractivity contribution in [1.82, 2.24) is 10.6 Å². The molecule has 0 aromatic heterocycles. The summed E-state index contributed by atoms with van der Waals surface area (Å²) in [5, 5.41) is 11.9. The van der Waals surface area contributed by atoms with Crippen molar-refractivity contribution in [3.8, 4) is 0 Å². The van der Waals surface area contributed by atoms with Gasteiger partial charge in [-0.3, -0.25) is 4.79 Å². The average molecular weight is 573 g/mol. The number of alkyl halides is 7. The van der Waals surface area contributed by atoms with Gasteiger partial charge in [0.05, 0.1) is 7.11 Å². The quantitative estimate of drug-likeness (QED) is 0.226. The largest absolute Gasteiger partial charge is 0.480 e. The summed E-state index contributed by atoms with van der Waals surface area (Å²) in [6.07, 6.45) is -9.41. The molecule has 0 saturated carbocycles. The van der Waals surface area contributed by atoms with Crippen molar-refractivity contribution in [3.05, 3.63) is 0 Å². The molecule has 0 saturated heterocycles. The van der Waals surface area contributed by atoms with Crippen molar-refractivity contribution in [2.45, 2.75) is 109 Å². The topological polar surface area (TPSA) is 131 Å². The van der Waals surface area contributed by atoms with Crippen LogP contribution in [0.25, 0.3) is 0 Å². The van der Waals surface area contributed by atoms with Crippen molar-refractivity contribution in [1.29, 1.82) is 0 Å². The molecule has 16 heteroatoms. The maximum atomic E-state index is 13.2. The van der Waals surface area contributed by atoms with E-state index in [-0.39, 0.29) is 12.8 Å². The van der Waals surface area contributed by atoms with E-state index in [1.807, 2.05) is 0 Å². The highest BCUT2D eigenvalue weighted by Gasteiger charge is 2.41. The van der Waals surface area contributed by atoms with Crippen LogP contribution in [0.1, 0.15) is 73.1 Å². The van der Waals surface area contributed by atoms with Gasteiger partial charge in [-0.05, 0) is 33.6 Å². The van der Waals surface area contributed by atoms with E-state index < -0.39 is 85.3 Å². The normalized spacial score (nSPS) is 13.8. The fourth-order valence-corrected chi connectivity index (χ4v) is 2.40. The number of nitrogens with one attached hydrogen (secondary N) is 2. The zero-order chi connectivity index (χ0) is 30.5. The Bertz CT molecular complexity index is 785. The molecule has 0 aliphatic carbocycles. The molecule has 0 bridgehead atoms. The molecule has 0 heterocycles. The molecule has 0 aliphatic rings. The number of hydrogen-bond acceptors (Lipinski definition) is 6. The lowest BCUT2D eigenvalue weighted by Gasteiger charge is -2.23. The van der Waals surface area contributed by atoms with Crippen molar-refractivity contribution in [3.63, 3.8) is 0 Å². The van der Waals surface area contributed by atoms with Crippen LogP contribution in [0, 0.1) is 0 Å². The number of hydrogen-bond donors (Lipinski definition) is 3. The molecule has 0 rings (SSSR count). The average Bonchev–Trinajstić information content (AvgIpc) is 2.77. The Hall–Kier alpha value is -2.81.